The summed E-state index contributed by atoms with van der Waals surface area (Å²) in [5.41, 5.74) is 8.53. The van der Waals surface area contributed by atoms with Gasteiger partial charge >= 0.3 is 6.18 Å². The van der Waals surface area contributed by atoms with Gasteiger partial charge in [-0.15, -0.1) is 0 Å². The Labute approximate surface area is 229 Å². The molecule has 1 heterocycles. The van der Waals surface area contributed by atoms with Crippen molar-refractivity contribution in [2.75, 3.05) is 23.4 Å². The molecule has 4 rings (SSSR count). The lowest BCUT2D eigenvalue weighted by Crippen LogP contribution is -2.19. The average molecular weight is 557 g/mol. The van der Waals surface area contributed by atoms with Crippen LogP contribution in [0.1, 0.15) is 58.3 Å². The van der Waals surface area contributed by atoms with Gasteiger partial charge in [0.25, 0.3) is 0 Å². The molecule has 0 bridgehead atoms. The number of carbonyl (C=O) groups excluding carboxylic acids is 1. The summed E-state index contributed by atoms with van der Waals surface area (Å²) in [6, 6.07) is 9.34. The zero-order valence-corrected chi connectivity index (χ0v) is 22.2. The summed E-state index contributed by atoms with van der Waals surface area (Å²) in [6.07, 6.45) is 1.90. The van der Waals surface area contributed by atoms with Gasteiger partial charge in [0.05, 0.1) is 16.1 Å². The summed E-state index contributed by atoms with van der Waals surface area (Å²) in [5, 5.41) is 14.5. The fourth-order valence-electron chi connectivity index (χ4n) is 3.96. The van der Waals surface area contributed by atoms with Crippen molar-refractivity contribution in [3.8, 4) is 11.8 Å². The topological polar surface area (TPSA) is 117 Å². The van der Waals surface area contributed by atoms with Gasteiger partial charge in [0, 0.05) is 29.9 Å². The van der Waals surface area contributed by atoms with Crippen LogP contribution in [-0.2, 0) is 6.18 Å². The van der Waals surface area contributed by atoms with Crippen LogP contribution >= 0.6 is 11.6 Å². The summed E-state index contributed by atoms with van der Waals surface area (Å²) in [5.74, 6) is 6.88. The van der Waals surface area contributed by atoms with Gasteiger partial charge in [-0.25, -0.2) is 9.97 Å². The lowest BCUT2D eigenvalue weighted by molar-refractivity contribution is -0.137. The van der Waals surface area contributed by atoms with Crippen LogP contribution in [0, 0.1) is 24.2 Å². The second kappa shape index (κ2) is 13.1. The molecule has 5 N–H and O–H groups in total. The molecule has 1 aliphatic carbocycles. The number of rotatable bonds is 5. The number of aromatic nitrogens is 2. The zero-order valence-electron chi connectivity index (χ0n) is 21.4. The van der Waals surface area contributed by atoms with Crippen molar-refractivity contribution in [2.24, 2.45) is 0 Å². The molecule has 1 aliphatic rings. The van der Waals surface area contributed by atoms with Crippen molar-refractivity contribution in [1.29, 1.82) is 5.41 Å². The summed E-state index contributed by atoms with van der Waals surface area (Å²) >= 11 is 5.30. The van der Waals surface area contributed by atoms with E-state index in [1.54, 1.807) is 0 Å². The minimum atomic E-state index is -4.52. The van der Waals surface area contributed by atoms with Gasteiger partial charge < -0.3 is 16.4 Å². The molecule has 2 aromatic carbocycles. The first-order chi connectivity index (χ1) is 18.5. The van der Waals surface area contributed by atoms with Crippen LogP contribution < -0.4 is 16.4 Å². The van der Waals surface area contributed by atoms with Crippen LogP contribution in [0.3, 0.4) is 0 Å². The predicted octanol–water partition coefficient (Wildman–Crippen LogP) is 6.35. The fraction of sp³-hybridized carbons (Fsp3) is 0.286. The largest absolute Gasteiger partial charge is 0.417 e. The summed E-state index contributed by atoms with van der Waals surface area (Å²) < 4.78 is 36.5. The van der Waals surface area contributed by atoms with E-state index in [1.807, 2.05) is 32.2 Å². The molecule has 7 nitrogen and oxygen atoms in total. The molecule has 1 aromatic heterocycles. The van der Waals surface area contributed by atoms with Crippen LogP contribution in [-0.4, -0.2) is 35.1 Å². The van der Waals surface area contributed by atoms with Crippen molar-refractivity contribution >= 4 is 40.9 Å². The number of nitrogens with zero attached hydrogens (tertiary/aromatic N) is 2. The number of benzene rings is 2. The number of nitrogens with two attached hydrogens (primary N) is 1. The summed E-state index contributed by atoms with van der Waals surface area (Å²) in [7, 11) is 1.87. The third-order valence-corrected chi connectivity index (χ3v) is 6.43. The molecule has 0 atom stereocenters. The first-order valence-corrected chi connectivity index (χ1v) is 12.5. The lowest BCUT2D eigenvalue weighted by Gasteiger charge is -2.15. The van der Waals surface area contributed by atoms with E-state index in [-0.39, 0.29) is 17.1 Å². The Morgan fingerprint density at radius 1 is 1.18 bits per heavy atom. The van der Waals surface area contributed by atoms with Crippen molar-refractivity contribution < 1.29 is 18.0 Å². The normalized spacial score (nSPS) is 13.0. The highest BCUT2D eigenvalue weighted by atomic mass is 35.5. The van der Waals surface area contributed by atoms with Gasteiger partial charge in [0.15, 0.2) is 0 Å². The first kappa shape index (κ1) is 29.5. The monoisotopic (exact) mass is 556 g/mol. The van der Waals surface area contributed by atoms with Gasteiger partial charge in [-0.2, -0.15) is 13.2 Å². The lowest BCUT2D eigenvalue weighted by atomic mass is 10.1. The molecule has 1 fully saturated rings. The smallest absolute Gasteiger partial charge is 0.388 e. The number of aryl methyl sites for hydroxylation is 1. The molecule has 0 radical (unpaired) electrons. The van der Waals surface area contributed by atoms with E-state index in [2.05, 4.69) is 32.4 Å². The number of anilines is 3. The van der Waals surface area contributed by atoms with Crippen LogP contribution in [0.5, 0.6) is 0 Å². The van der Waals surface area contributed by atoms with E-state index in [9.17, 15) is 18.0 Å². The summed E-state index contributed by atoms with van der Waals surface area (Å²) in [4.78, 5) is 18.5. The third kappa shape index (κ3) is 7.94. The minimum absolute atomic E-state index is 0.0447. The second-order valence-electron chi connectivity index (χ2n) is 8.87. The highest BCUT2D eigenvalue weighted by Gasteiger charge is 2.33. The Balaban J connectivity index is 0.000000272. The Hall–Kier alpha value is -4.10. The first-order valence-electron chi connectivity index (χ1n) is 12.1. The minimum Gasteiger partial charge on any atom is -0.388 e. The van der Waals surface area contributed by atoms with Crippen LogP contribution in [0.2, 0.25) is 5.02 Å². The average Bonchev–Trinajstić information content (AvgIpc) is 3.41. The Morgan fingerprint density at radius 2 is 1.90 bits per heavy atom. The van der Waals surface area contributed by atoms with E-state index in [4.69, 9.17) is 22.7 Å². The molecule has 0 spiro atoms. The van der Waals surface area contributed by atoms with Gasteiger partial charge in [-0.3, -0.25) is 10.2 Å². The molecule has 3 aromatic rings. The van der Waals surface area contributed by atoms with E-state index >= 15 is 0 Å². The molecule has 1 saturated carbocycles. The molecule has 0 amide bonds. The van der Waals surface area contributed by atoms with Gasteiger partial charge in [-0.05, 0) is 55.5 Å². The number of alkyl halides is 3. The molecule has 11 heteroatoms. The number of hydrogen-bond acceptors (Lipinski definition) is 7. The number of nitrogens with one attached hydrogen (secondary N) is 3. The molecule has 39 heavy (non-hydrogen) atoms. The van der Waals surface area contributed by atoms with Crippen molar-refractivity contribution in [1.82, 2.24) is 9.97 Å². The van der Waals surface area contributed by atoms with Gasteiger partial charge in [-0.1, -0.05) is 42.5 Å². The molecular weight excluding hydrogens is 529 g/mol. The van der Waals surface area contributed by atoms with E-state index in [0.717, 1.165) is 41.8 Å². The van der Waals surface area contributed by atoms with Gasteiger partial charge in [0.1, 0.15) is 30.0 Å². The summed E-state index contributed by atoms with van der Waals surface area (Å²) in [6.45, 7) is 2.00. The van der Waals surface area contributed by atoms with E-state index in [1.165, 1.54) is 25.2 Å². The Bertz CT molecular complexity index is 1410. The molecule has 0 aliphatic heterocycles. The van der Waals surface area contributed by atoms with E-state index in [0.29, 0.717) is 23.7 Å². The number of carbonyl (C=O) groups is 1. The number of halogens is 4. The maximum Gasteiger partial charge on any atom is 0.417 e. The SMILES string of the molecule is CNc1ccc(C)c(C#CC(=N)c2c(N)ncnc2NC2CCCC2)c1.O=Cc1ccc(Cl)c(C(F)(F)F)c1. The third-order valence-electron chi connectivity index (χ3n) is 6.10. The van der Waals surface area contributed by atoms with Crippen LogP contribution in [0.4, 0.5) is 30.5 Å². The second-order valence-corrected chi connectivity index (χ2v) is 9.28. The predicted molar refractivity (Wildman–Crippen MR) is 149 cm³/mol. The number of nitrogen functional groups attached to an aromatic ring is 1. The maximum absolute atomic E-state index is 12.2. The number of aldehydes is 1. The van der Waals surface area contributed by atoms with Gasteiger partial charge in [0.2, 0.25) is 0 Å². The highest BCUT2D eigenvalue weighted by molar-refractivity contribution is 6.31. The molecule has 0 unspecified atom stereocenters. The van der Waals surface area contributed by atoms with Crippen LogP contribution in [0.25, 0.3) is 0 Å². The molecule has 0 saturated heterocycles. The fourth-order valence-corrected chi connectivity index (χ4v) is 4.18. The highest BCUT2D eigenvalue weighted by Crippen LogP contribution is 2.34. The molecule has 204 valence electrons. The Kier molecular flexibility index (Phi) is 9.90. The van der Waals surface area contributed by atoms with Crippen molar-refractivity contribution in [2.45, 2.75) is 44.8 Å². The molecular formula is C28H28ClF3N6O. The maximum atomic E-state index is 12.2. The quantitative estimate of drug-likeness (QED) is 0.165. The Morgan fingerprint density at radius 3 is 2.54 bits per heavy atom. The number of hydrogen-bond donors (Lipinski definition) is 4. The van der Waals surface area contributed by atoms with Crippen molar-refractivity contribution in [3.63, 3.8) is 0 Å². The standard InChI is InChI=1S/C20H24N6.C8H4ClF3O/c1-13-7-9-16(23-2)11-14(13)8-10-17(21)18-19(22)24-12-25-20(18)26-15-5-3-4-6-15;9-7-2-1-5(4-13)3-6(7)8(10,11)12/h7,9,11-12,15,21,23H,3-6H2,1-2H3,(H3,22,24,25,26);1-4H. The van der Waals surface area contributed by atoms with Crippen LogP contribution in [0.15, 0.2) is 42.7 Å². The zero-order chi connectivity index (χ0) is 28.6. The van der Waals surface area contributed by atoms with Crippen molar-refractivity contribution in [3.05, 3.63) is 75.6 Å². The van der Waals surface area contributed by atoms with E-state index < -0.39 is 16.8 Å².